The summed E-state index contributed by atoms with van der Waals surface area (Å²) in [5, 5.41) is 4.21. The van der Waals surface area contributed by atoms with E-state index in [4.69, 9.17) is 0 Å². The third-order valence-corrected chi connectivity index (χ3v) is 2.39. The Kier molecular flexibility index (Phi) is 3.97. The van der Waals surface area contributed by atoms with Crippen LogP contribution in [-0.4, -0.2) is 24.8 Å². The summed E-state index contributed by atoms with van der Waals surface area (Å²) in [6, 6.07) is 2.11. The average molecular weight is 183 g/mol. The number of rotatable bonds is 5. The van der Waals surface area contributed by atoms with Gasteiger partial charge < -0.3 is 9.69 Å². The van der Waals surface area contributed by atoms with Gasteiger partial charge >= 0.3 is 0 Å². The van der Waals surface area contributed by atoms with Gasteiger partial charge in [-0.25, -0.2) is 0 Å². The van der Waals surface area contributed by atoms with Gasteiger partial charge in [-0.15, -0.1) is 0 Å². The van der Waals surface area contributed by atoms with E-state index in [0.717, 1.165) is 19.4 Å². The number of hydrogen-bond donors (Lipinski definition) is 0. The smallest absolute Gasteiger partial charge is 0.121 e. The van der Waals surface area contributed by atoms with E-state index >= 15 is 0 Å². The third-order valence-electron chi connectivity index (χ3n) is 1.66. The van der Waals surface area contributed by atoms with E-state index in [9.17, 15) is 4.79 Å². The fraction of sp³-hybridized carbons (Fsp3) is 0.444. The average Bonchev–Trinajstić information content (AvgIpc) is 2.53. The van der Waals surface area contributed by atoms with Crippen LogP contribution in [0.15, 0.2) is 16.8 Å². The number of aldehydes is 1. The second kappa shape index (κ2) is 5.06. The monoisotopic (exact) mass is 183 g/mol. The van der Waals surface area contributed by atoms with Crippen molar-refractivity contribution in [2.24, 2.45) is 0 Å². The lowest BCUT2D eigenvalue weighted by Crippen LogP contribution is -2.18. The Balaban J connectivity index is 2.26. The van der Waals surface area contributed by atoms with Gasteiger partial charge in [0.25, 0.3) is 0 Å². The highest BCUT2D eigenvalue weighted by molar-refractivity contribution is 7.07. The molecule has 0 atom stereocenters. The summed E-state index contributed by atoms with van der Waals surface area (Å²) in [4.78, 5) is 12.2. The first-order chi connectivity index (χ1) is 5.83. The number of nitrogens with zero attached hydrogens (tertiary/aromatic N) is 1. The molecule has 0 aliphatic rings. The summed E-state index contributed by atoms with van der Waals surface area (Å²) in [7, 11) is 2.03. The minimum Gasteiger partial charge on any atom is -0.303 e. The molecule has 1 heterocycles. The first-order valence-electron chi connectivity index (χ1n) is 3.96. The van der Waals surface area contributed by atoms with E-state index in [1.165, 1.54) is 5.56 Å². The van der Waals surface area contributed by atoms with Gasteiger partial charge in [0.05, 0.1) is 0 Å². The highest BCUT2D eigenvalue weighted by Gasteiger charge is 1.98. The topological polar surface area (TPSA) is 20.3 Å². The molecule has 3 heteroatoms. The lowest BCUT2D eigenvalue weighted by molar-refractivity contribution is -0.108. The van der Waals surface area contributed by atoms with E-state index in [1.54, 1.807) is 11.3 Å². The summed E-state index contributed by atoms with van der Waals surface area (Å²) in [6.45, 7) is 1.79. The van der Waals surface area contributed by atoms with Gasteiger partial charge in [0.1, 0.15) is 6.29 Å². The number of hydrogen-bond acceptors (Lipinski definition) is 3. The molecule has 0 amide bonds. The molecule has 1 aromatic rings. The van der Waals surface area contributed by atoms with Crippen molar-refractivity contribution in [2.45, 2.75) is 13.0 Å². The highest BCUT2D eigenvalue weighted by Crippen LogP contribution is 2.07. The molecule has 0 radical (unpaired) electrons. The molecule has 0 aliphatic carbocycles. The molecule has 66 valence electrons. The molecule has 0 saturated carbocycles. The molecule has 0 bridgehead atoms. The van der Waals surface area contributed by atoms with E-state index in [-0.39, 0.29) is 0 Å². The molecule has 1 aromatic heterocycles. The maximum absolute atomic E-state index is 10.1. The van der Waals surface area contributed by atoms with Crippen LogP contribution in [0, 0.1) is 0 Å². The fourth-order valence-electron chi connectivity index (χ4n) is 1.05. The second-order valence-electron chi connectivity index (χ2n) is 2.82. The molecular formula is C9H13NOS. The van der Waals surface area contributed by atoms with Crippen LogP contribution < -0.4 is 0 Å². The van der Waals surface area contributed by atoms with E-state index < -0.39 is 0 Å². The Bertz CT molecular complexity index is 220. The zero-order chi connectivity index (χ0) is 8.81. The van der Waals surface area contributed by atoms with Gasteiger partial charge in [-0.05, 0) is 29.4 Å². The van der Waals surface area contributed by atoms with Crippen LogP contribution in [0.4, 0.5) is 0 Å². The molecule has 12 heavy (non-hydrogen) atoms. The SMILES string of the molecule is CN(CCC=O)Cc1ccsc1. The highest BCUT2D eigenvalue weighted by atomic mass is 32.1. The van der Waals surface area contributed by atoms with E-state index in [0.29, 0.717) is 6.42 Å². The first kappa shape index (κ1) is 9.42. The zero-order valence-electron chi connectivity index (χ0n) is 7.19. The minimum atomic E-state index is 0.626. The minimum absolute atomic E-state index is 0.626. The number of carbonyl (C=O) groups excluding carboxylic acids is 1. The zero-order valence-corrected chi connectivity index (χ0v) is 8.01. The second-order valence-corrected chi connectivity index (χ2v) is 3.60. The van der Waals surface area contributed by atoms with Crippen molar-refractivity contribution in [3.8, 4) is 0 Å². The van der Waals surface area contributed by atoms with Crippen molar-refractivity contribution in [3.63, 3.8) is 0 Å². The van der Waals surface area contributed by atoms with Crippen LogP contribution in [-0.2, 0) is 11.3 Å². The predicted molar refractivity (Wildman–Crippen MR) is 51.3 cm³/mol. The quantitative estimate of drug-likeness (QED) is 0.648. The van der Waals surface area contributed by atoms with Crippen LogP contribution in [0.25, 0.3) is 0 Å². The molecule has 0 N–H and O–H groups in total. The van der Waals surface area contributed by atoms with Crippen molar-refractivity contribution in [3.05, 3.63) is 22.4 Å². The molecule has 2 nitrogen and oxygen atoms in total. The summed E-state index contributed by atoms with van der Waals surface area (Å²) in [5.41, 5.74) is 1.33. The summed E-state index contributed by atoms with van der Waals surface area (Å²) < 4.78 is 0. The number of thiophene rings is 1. The predicted octanol–water partition coefficient (Wildman–Crippen LogP) is 1.77. The van der Waals surface area contributed by atoms with Crippen LogP contribution in [0.1, 0.15) is 12.0 Å². The van der Waals surface area contributed by atoms with Crippen molar-refractivity contribution >= 4 is 17.6 Å². The Morgan fingerprint density at radius 2 is 2.50 bits per heavy atom. The molecule has 0 saturated heterocycles. The molecule has 0 aromatic carbocycles. The number of carbonyl (C=O) groups is 1. The van der Waals surface area contributed by atoms with Gasteiger partial charge in [0, 0.05) is 19.5 Å². The third kappa shape index (κ3) is 3.15. The summed E-state index contributed by atoms with van der Waals surface area (Å²) in [6.07, 6.45) is 1.59. The van der Waals surface area contributed by atoms with Crippen molar-refractivity contribution in [2.75, 3.05) is 13.6 Å². The summed E-state index contributed by atoms with van der Waals surface area (Å²) >= 11 is 1.71. The Morgan fingerprint density at radius 3 is 3.08 bits per heavy atom. The maximum Gasteiger partial charge on any atom is 0.121 e. The van der Waals surface area contributed by atoms with Crippen LogP contribution in [0.5, 0.6) is 0 Å². The van der Waals surface area contributed by atoms with Gasteiger partial charge in [-0.2, -0.15) is 11.3 Å². The summed E-state index contributed by atoms with van der Waals surface area (Å²) in [5.74, 6) is 0. The first-order valence-corrected chi connectivity index (χ1v) is 4.90. The Hall–Kier alpha value is -0.670. The standard InChI is InChI=1S/C9H13NOS/c1-10(4-2-5-11)7-9-3-6-12-8-9/h3,5-6,8H,2,4,7H2,1H3. The molecule has 0 aliphatic heterocycles. The molecule has 1 rings (SSSR count). The Labute approximate surface area is 76.8 Å². The van der Waals surface area contributed by atoms with Crippen LogP contribution in [0.3, 0.4) is 0 Å². The maximum atomic E-state index is 10.1. The molecule has 0 unspecified atom stereocenters. The largest absolute Gasteiger partial charge is 0.303 e. The van der Waals surface area contributed by atoms with Gasteiger partial charge in [0.2, 0.25) is 0 Å². The normalized spacial score (nSPS) is 10.5. The van der Waals surface area contributed by atoms with E-state index in [1.807, 2.05) is 7.05 Å². The van der Waals surface area contributed by atoms with Crippen LogP contribution in [0.2, 0.25) is 0 Å². The van der Waals surface area contributed by atoms with Gasteiger partial charge in [-0.3, -0.25) is 0 Å². The Morgan fingerprint density at radius 1 is 1.67 bits per heavy atom. The van der Waals surface area contributed by atoms with Crippen molar-refractivity contribution in [1.29, 1.82) is 0 Å². The molecule has 0 spiro atoms. The van der Waals surface area contributed by atoms with Gasteiger partial charge in [0.15, 0.2) is 0 Å². The lowest BCUT2D eigenvalue weighted by Gasteiger charge is -2.13. The van der Waals surface area contributed by atoms with Crippen molar-refractivity contribution < 1.29 is 4.79 Å². The van der Waals surface area contributed by atoms with Crippen LogP contribution >= 0.6 is 11.3 Å². The molecule has 0 fully saturated rings. The lowest BCUT2D eigenvalue weighted by atomic mass is 10.3. The van der Waals surface area contributed by atoms with E-state index in [2.05, 4.69) is 21.7 Å². The van der Waals surface area contributed by atoms with Gasteiger partial charge in [-0.1, -0.05) is 0 Å². The van der Waals surface area contributed by atoms with Crippen molar-refractivity contribution in [1.82, 2.24) is 4.90 Å². The fourth-order valence-corrected chi connectivity index (χ4v) is 1.71. The molecular weight excluding hydrogens is 170 g/mol.